The van der Waals surface area contributed by atoms with Gasteiger partial charge >= 0.3 is 0 Å². The van der Waals surface area contributed by atoms with Crippen LogP contribution in [0.5, 0.6) is 0 Å². The first-order chi connectivity index (χ1) is 10.1. The molecule has 0 fully saturated rings. The number of rotatable bonds is 2. The highest BCUT2D eigenvalue weighted by Gasteiger charge is 2.06. The SMILES string of the molecule is Cc1ccc(-c2cccc(-c3cc(C)ccc3C)n2)nc1. The van der Waals surface area contributed by atoms with Gasteiger partial charge in [-0.25, -0.2) is 4.98 Å². The maximum Gasteiger partial charge on any atom is 0.0893 e. The molecule has 0 radical (unpaired) electrons. The van der Waals surface area contributed by atoms with Crippen molar-refractivity contribution in [3.63, 3.8) is 0 Å². The molecule has 0 unspecified atom stereocenters. The van der Waals surface area contributed by atoms with Crippen molar-refractivity contribution < 1.29 is 0 Å². The molecule has 2 heteroatoms. The molecule has 0 amide bonds. The Morgan fingerprint density at radius 2 is 1.48 bits per heavy atom. The van der Waals surface area contributed by atoms with Crippen LogP contribution in [0.3, 0.4) is 0 Å². The number of nitrogens with zero attached hydrogens (tertiary/aromatic N) is 2. The molecule has 2 heterocycles. The molecule has 3 aromatic rings. The van der Waals surface area contributed by atoms with Crippen molar-refractivity contribution in [3.05, 3.63) is 71.4 Å². The minimum absolute atomic E-state index is 0.910. The van der Waals surface area contributed by atoms with E-state index in [0.29, 0.717) is 0 Å². The number of aromatic nitrogens is 2. The van der Waals surface area contributed by atoms with Gasteiger partial charge in [-0.05, 0) is 56.2 Å². The summed E-state index contributed by atoms with van der Waals surface area (Å²) in [5, 5.41) is 0. The molecule has 3 rings (SSSR count). The van der Waals surface area contributed by atoms with Crippen LogP contribution < -0.4 is 0 Å². The van der Waals surface area contributed by atoms with Crippen molar-refractivity contribution in [2.45, 2.75) is 20.8 Å². The molecule has 2 nitrogen and oxygen atoms in total. The van der Waals surface area contributed by atoms with Crippen LogP contribution >= 0.6 is 0 Å². The van der Waals surface area contributed by atoms with Gasteiger partial charge in [0.25, 0.3) is 0 Å². The second kappa shape index (κ2) is 5.49. The molecule has 0 saturated carbocycles. The van der Waals surface area contributed by atoms with Crippen molar-refractivity contribution in [2.24, 2.45) is 0 Å². The standard InChI is InChI=1S/C19H18N2/c1-13-7-9-15(3)16(11-13)17-5-4-6-19(21-17)18-10-8-14(2)12-20-18/h4-12H,1-3H3. The van der Waals surface area contributed by atoms with Crippen LogP contribution in [0.15, 0.2) is 54.7 Å². The molecule has 0 saturated heterocycles. The predicted octanol–water partition coefficient (Wildman–Crippen LogP) is 4.74. The lowest BCUT2D eigenvalue weighted by Crippen LogP contribution is -1.92. The smallest absolute Gasteiger partial charge is 0.0893 e. The number of hydrogen-bond acceptors (Lipinski definition) is 2. The molecule has 0 bridgehead atoms. The van der Waals surface area contributed by atoms with Gasteiger partial charge in [0.05, 0.1) is 17.1 Å². The molecule has 0 aliphatic carbocycles. The minimum Gasteiger partial charge on any atom is -0.254 e. The summed E-state index contributed by atoms with van der Waals surface area (Å²) in [6.07, 6.45) is 1.88. The summed E-state index contributed by atoms with van der Waals surface area (Å²) in [7, 11) is 0. The van der Waals surface area contributed by atoms with Crippen LogP contribution in [-0.2, 0) is 0 Å². The second-order valence-corrected chi connectivity index (χ2v) is 5.45. The van der Waals surface area contributed by atoms with Gasteiger partial charge in [-0.1, -0.05) is 29.8 Å². The number of aryl methyl sites for hydroxylation is 3. The summed E-state index contributed by atoms with van der Waals surface area (Å²) in [6, 6.07) is 16.6. The van der Waals surface area contributed by atoms with E-state index >= 15 is 0 Å². The van der Waals surface area contributed by atoms with E-state index in [4.69, 9.17) is 4.98 Å². The van der Waals surface area contributed by atoms with E-state index in [-0.39, 0.29) is 0 Å². The van der Waals surface area contributed by atoms with Crippen LogP contribution in [0, 0.1) is 20.8 Å². The maximum atomic E-state index is 4.78. The van der Waals surface area contributed by atoms with Crippen molar-refractivity contribution in [1.29, 1.82) is 0 Å². The van der Waals surface area contributed by atoms with Gasteiger partial charge < -0.3 is 0 Å². The third kappa shape index (κ3) is 2.84. The van der Waals surface area contributed by atoms with Crippen LogP contribution in [0.4, 0.5) is 0 Å². The summed E-state index contributed by atoms with van der Waals surface area (Å²) in [4.78, 5) is 9.24. The molecule has 0 spiro atoms. The Bertz CT molecular complexity index is 774. The zero-order valence-corrected chi connectivity index (χ0v) is 12.6. The van der Waals surface area contributed by atoms with E-state index in [9.17, 15) is 0 Å². The van der Waals surface area contributed by atoms with Crippen LogP contribution in [-0.4, -0.2) is 9.97 Å². The van der Waals surface area contributed by atoms with E-state index in [1.54, 1.807) is 0 Å². The highest BCUT2D eigenvalue weighted by atomic mass is 14.8. The van der Waals surface area contributed by atoms with E-state index in [1.807, 2.05) is 31.3 Å². The van der Waals surface area contributed by atoms with Crippen LogP contribution in [0.1, 0.15) is 16.7 Å². The first kappa shape index (κ1) is 13.5. The fraction of sp³-hybridized carbons (Fsp3) is 0.158. The third-order valence-electron chi connectivity index (χ3n) is 3.59. The molecule has 0 atom stereocenters. The Labute approximate surface area is 125 Å². The quantitative estimate of drug-likeness (QED) is 0.674. The molecule has 0 aliphatic heterocycles. The largest absolute Gasteiger partial charge is 0.254 e. The third-order valence-corrected chi connectivity index (χ3v) is 3.59. The van der Waals surface area contributed by atoms with Crippen molar-refractivity contribution >= 4 is 0 Å². The van der Waals surface area contributed by atoms with Gasteiger partial charge in [0, 0.05) is 11.8 Å². The Hall–Kier alpha value is -2.48. The molecule has 1 aromatic carbocycles. The summed E-state index contributed by atoms with van der Waals surface area (Å²) >= 11 is 0. The second-order valence-electron chi connectivity index (χ2n) is 5.45. The van der Waals surface area contributed by atoms with Gasteiger partial charge in [0.1, 0.15) is 0 Å². The minimum atomic E-state index is 0.910. The first-order valence-electron chi connectivity index (χ1n) is 7.11. The molecular formula is C19H18N2. The van der Waals surface area contributed by atoms with Gasteiger partial charge in [-0.2, -0.15) is 0 Å². The normalized spacial score (nSPS) is 10.6. The number of benzene rings is 1. The van der Waals surface area contributed by atoms with E-state index < -0.39 is 0 Å². The zero-order valence-electron chi connectivity index (χ0n) is 12.6. The van der Waals surface area contributed by atoms with E-state index in [2.05, 4.69) is 49.2 Å². The zero-order chi connectivity index (χ0) is 14.8. The first-order valence-corrected chi connectivity index (χ1v) is 7.11. The summed E-state index contributed by atoms with van der Waals surface area (Å²) in [5.41, 5.74) is 7.64. The Morgan fingerprint density at radius 1 is 0.714 bits per heavy atom. The van der Waals surface area contributed by atoms with Crippen molar-refractivity contribution in [2.75, 3.05) is 0 Å². The van der Waals surface area contributed by atoms with Crippen LogP contribution in [0.2, 0.25) is 0 Å². The Kier molecular flexibility index (Phi) is 3.53. The lowest BCUT2D eigenvalue weighted by molar-refractivity contribution is 1.22. The molecular weight excluding hydrogens is 256 g/mol. The van der Waals surface area contributed by atoms with Gasteiger partial charge in [-0.3, -0.25) is 4.98 Å². The lowest BCUT2D eigenvalue weighted by Gasteiger charge is -2.08. The molecule has 0 aliphatic rings. The van der Waals surface area contributed by atoms with Gasteiger partial charge in [-0.15, -0.1) is 0 Å². The van der Waals surface area contributed by atoms with Crippen LogP contribution in [0.25, 0.3) is 22.6 Å². The molecule has 21 heavy (non-hydrogen) atoms. The topological polar surface area (TPSA) is 25.8 Å². The average molecular weight is 274 g/mol. The Balaban J connectivity index is 2.08. The summed E-state index contributed by atoms with van der Waals surface area (Å²) in [6.45, 7) is 6.26. The summed E-state index contributed by atoms with van der Waals surface area (Å²) < 4.78 is 0. The average Bonchev–Trinajstić information content (AvgIpc) is 2.50. The van der Waals surface area contributed by atoms with Crippen molar-refractivity contribution in [1.82, 2.24) is 9.97 Å². The maximum absolute atomic E-state index is 4.78. The lowest BCUT2D eigenvalue weighted by atomic mass is 10.0. The highest BCUT2D eigenvalue weighted by molar-refractivity contribution is 5.67. The van der Waals surface area contributed by atoms with E-state index in [0.717, 1.165) is 22.6 Å². The predicted molar refractivity (Wildman–Crippen MR) is 87.1 cm³/mol. The molecule has 104 valence electrons. The van der Waals surface area contributed by atoms with Crippen molar-refractivity contribution in [3.8, 4) is 22.6 Å². The molecule has 2 aromatic heterocycles. The monoisotopic (exact) mass is 274 g/mol. The van der Waals surface area contributed by atoms with E-state index in [1.165, 1.54) is 16.7 Å². The van der Waals surface area contributed by atoms with Gasteiger partial charge in [0.2, 0.25) is 0 Å². The number of hydrogen-bond donors (Lipinski definition) is 0. The molecule has 0 N–H and O–H groups in total. The number of pyridine rings is 2. The fourth-order valence-electron chi connectivity index (χ4n) is 2.36. The fourth-order valence-corrected chi connectivity index (χ4v) is 2.36. The highest BCUT2D eigenvalue weighted by Crippen LogP contribution is 2.25. The summed E-state index contributed by atoms with van der Waals surface area (Å²) in [5.74, 6) is 0. The van der Waals surface area contributed by atoms with Gasteiger partial charge in [0.15, 0.2) is 0 Å². The Morgan fingerprint density at radius 3 is 2.24 bits per heavy atom.